The van der Waals surface area contributed by atoms with Crippen LogP contribution in [0.25, 0.3) is 0 Å². The van der Waals surface area contributed by atoms with Crippen molar-refractivity contribution in [1.82, 2.24) is 5.32 Å². The van der Waals surface area contributed by atoms with Crippen LogP contribution in [0.5, 0.6) is 0 Å². The second-order valence-corrected chi connectivity index (χ2v) is 17.5. The first kappa shape index (κ1) is 56.3. The van der Waals surface area contributed by atoms with Crippen LogP contribution in [0.4, 0.5) is 0 Å². The van der Waals surface area contributed by atoms with Crippen molar-refractivity contribution in [2.75, 3.05) is 13.2 Å². The number of aliphatic hydroxyl groups excluding tert-OH is 2. The van der Waals surface area contributed by atoms with Crippen molar-refractivity contribution in [3.8, 4) is 0 Å². The predicted octanol–water partition coefficient (Wildman–Crippen LogP) is 15.1. The van der Waals surface area contributed by atoms with Crippen molar-refractivity contribution in [3.05, 3.63) is 24.3 Å². The third kappa shape index (κ3) is 43.9. The molecule has 0 fully saturated rings. The van der Waals surface area contributed by atoms with E-state index in [1.807, 2.05) is 6.08 Å². The quantitative estimate of drug-likeness (QED) is 0.0323. The zero-order valence-corrected chi connectivity index (χ0v) is 38.8. The van der Waals surface area contributed by atoms with E-state index in [0.29, 0.717) is 19.4 Å². The van der Waals surface area contributed by atoms with E-state index in [-0.39, 0.29) is 18.5 Å². The van der Waals surface area contributed by atoms with Crippen LogP contribution in [0, 0.1) is 0 Å². The van der Waals surface area contributed by atoms with Crippen LogP contribution in [0.1, 0.15) is 271 Å². The van der Waals surface area contributed by atoms with E-state index in [2.05, 4.69) is 31.3 Å². The molecular formula is C52H99NO5. The maximum absolute atomic E-state index is 12.4. The molecule has 58 heavy (non-hydrogen) atoms. The van der Waals surface area contributed by atoms with E-state index in [0.717, 1.165) is 57.8 Å². The molecule has 0 aliphatic rings. The molecule has 0 aromatic carbocycles. The lowest BCUT2D eigenvalue weighted by Gasteiger charge is -2.20. The standard InChI is InChI=1S/C52H99NO5/c1-3-5-7-9-11-13-15-16-23-26-30-34-38-42-46-52(57)58-47-43-39-35-31-27-24-21-19-17-18-20-22-25-29-33-37-41-45-51(56)53-49(48-54)50(55)44-40-36-32-28-14-12-10-8-6-4-2/h17,19,40,44,49-50,54-55H,3-16,18,20-39,41-43,45-48H2,1-2H3,(H,53,56)/b19-17-,44-40+. The Morgan fingerprint density at radius 1 is 0.466 bits per heavy atom. The highest BCUT2D eigenvalue weighted by atomic mass is 16.5. The van der Waals surface area contributed by atoms with Crippen molar-refractivity contribution in [2.45, 2.75) is 283 Å². The lowest BCUT2D eigenvalue weighted by atomic mass is 10.0. The fraction of sp³-hybridized carbons (Fsp3) is 0.885. The van der Waals surface area contributed by atoms with Gasteiger partial charge in [-0.15, -0.1) is 0 Å². The van der Waals surface area contributed by atoms with E-state index in [1.54, 1.807) is 6.08 Å². The van der Waals surface area contributed by atoms with Crippen LogP contribution in [0.3, 0.4) is 0 Å². The Bertz CT molecular complexity index is 904. The summed E-state index contributed by atoms with van der Waals surface area (Å²) in [6.07, 6.45) is 56.1. The van der Waals surface area contributed by atoms with Gasteiger partial charge in [0, 0.05) is 12.8 Å². The van der Waals surface area contributed by atoms with Gasteiger partial charge < -0.3 is 20.3 Å². The minimum absolute atomic E-state index is 0.00109. The van der Waals surface area contributed by atoms with Gasteiger partial charge in [-0.25, -0.2) is 0 Å². The summed E-state index contributed by atoms with van der Waals surface area (Å²) >= 11 is 0. The second-order valence-electron chi connectivity index (χ2n) is 17.5. The van der Waals surface area contributed by atoms with E-state index in [1.165, 1.54) is 186 Å². The first-order valence-electron chi connectivity index (χ1n) is 25.6. The third-order valence-electron chi connectivity index (χ3n) is 11.7. The number of ether oxygens (including phenoxy) is 1. The van der Waals surface area contributed by atoms with E-state index in [4.69, 9.17) is 4.74 Å². The molecule has 0 aromatic heterocycles. The molecule has 0 aliphatic carbocycles. The number of nitrogens with one attached hydrogen (secondary N) is 1. The lowest BCUT2D eigenvalue weighted by Crippen LogP contribution is -2.45. The average Bonchev–Trinajstić information content (AvgIpc) is 3.22. The van der Waals surface area contributed by atoms with Crippen molar-refractivity contribution in [1.29, 1.82) is 0 Å². The largest absolute Gasteiger partial charge is 0.466 e. The van der Waals surface area contributed by atoms with Crippen LogP contribution in [0.15, 0.2) is 24.3 Å². The van der Waals surface area contributed by atoms with Crippen LogP contribution >= 0.6 is 0 Å². The molecule has 2 atom stereocenters. The van der Waals surface area contributed by atoms with Gasteiger partial charge in [0.2, 0.25) is 5.91 Å². The highest BCUT2D eigenvalue weighted by Crippen LogP contribution is 2.15. The summed E-state index contributed by atoms with van der Waals surface area (Å²) in [5.41, 5.74) is 0. The van der Waals surface area contributed by atoms with E-state index >= 15 is 0 Å². The fourth-order valence-corrected chi connectivity index (χ4v) is 7.74. The summed E-state index contributed by atoms with van der Waals surface area (Å²) in [4.78, 5) is 24.4. The summed E-state index contributed by atoms with van der Waals surface area (Å²) in [6, 6.07) is -0.634. The summed E-state index contributed by atoms with van der Waals surface area (Å²) in [6.45, 7) is 4.86. The van der Waals surface area contributed by atoms with Crippen molar-refractivity contribution in [2.24, 2.45) is 0 Å². The maximum atomic E-state index is 12.4. The molecule has 0 aromatic rings. The number of aliphatic hydroxyl groups is 2. The minimum atomic E-state index is -0.849. The zero-order valence-electron chi connectivity index (χ0n) is 38.8. The molecule has 0 saturated heterocycles. The molecule has 3 N–H and O–H groups in total. The Morgan fingerprint density at radius 2 is 0.810 bits per heavy atom. The molecule has 6 heteroatoms. The Balaban J connectivity index is 3.45. The summed E-state index contributed by atoms with van der Waals surface area (Å²) in [5.74, 6) is -0.0833. The normalized spacial score (nSPS) is 12.8. The number of carbonyl (C=O) groups excluding carboxylic acids is 2. The van der Waals surface area contributed by atoms with Crippen molar-refractivity contribution < 1.29 is 24.5 Å². The number of rotatable bonds is 47. The summed E-state index contributed by atoms with van der Waals surface area (Å²) in [5, 5.41) is 22.9. The van der Waals surface area contributed by atoms with Gasteiger partial charge in [-0.3, -0.25) is 9.59 Å². The molecular weight excluding hydrogens is 719 g/mol. The van der Waals surface area contributed by atoms with Gasteiger partial charge in [0.15, 0.2) is 0 Å². The van der Waals surface area contributed by atoms with Gasteiger partial charge >= 0.3 is 5.97 Å². The SMILES string of the molecule is CCCCCCCCCC/C=C/C(O)C(CO)NC(=O)CCCCCCCCC/C=C\CCCCCCCCOC(=O)CCCCCCCCCCCCCCCC. The Kier molecular flexibility index (Phi) is 46.6. The first-order valence-corrected chi connectivity index (χ1v) is 25.6. The van der Waals surface area contributed by atoms with Crippen LogP contribution < -0.4 is 5.32 Å². The highest BCUT2D eigenvalue weighted by molar-refractivity contribution is 5.76. The molecule has 2 unspecified atom stereocenters. The number of allylic oxidation sites excluding steroid dienone is 3. The van der Waals surface area contributed by atoms with Gasteiger partial charge in [-0.1, -0.05) is 224 Å². The van der Waals surface area contributed by atoms with Crippen LogP contribution in [-0.4, -0.2) is 47.4 Å². The van der Waals surface area contributed by atoms with Crippen LogP contribution in [0.2, 0.25) is 0 Å². The Hall–Kier alpha value is -1.66. The molecule has 1 amide bonds. The molecule has 342 valence electrons. The lowest BCUT2D eigenvalue weighted by molar-refractivity contribution is -0.143. The minimum Gasteiger partial charge on any atom is -0.466 e. The van der Waals surface area contributed by atoms with Gasteiger partial charge in [-0.2, -0.15) is 0 Å². The molecule has 0 saturated carbocycles. The van der Waals surface area contributed by atoms with E-state index < -0.39 is 12.1 Å². The molecule has 6 nitrogen and oxygen atoms in total. The Morgan fingerprint density at radius 3 is 1.22 bits per heavy atom. The molecule has 0 radical (unpaired) electrons. The number of carbonyl (C=O) groups is 2. The molecule has 0 rings (SSSR count). The zero-order chi connectivity index (χ0) is 42.3. The number of esters is 1. The number of hydrogen-bond donors (Lipinski definition) is 3. The maximum Gasteiger partial charge on any atom is 0.305 e. The summed E-state index contributed by atoms with van der Waals surface area (Å²) in [7, 11) is 0. The average molecular weight is 818 g/mol. The fourth-order valence-electron chi connectivity index (χ4n) is 7.74. The number of amides is 1. The van der Waals surface area contributed by atoms with Gasteiger partial charge in [0.05, 0.1) is 25.4 Å². The highest BCUT2D eigenvalue weighted by Gasteiger charge is 2.18. The topological polar surface area (TPSA) is 95.9 Å². The third-order valence-corrected chi connectivity index (χ3v) is 11.7. The molecule has 0 bridgehead atoms. The number of unbranched alkanes of at least 4 members (excludes halogenated alkanes) is 34. The van der Waals surface area contributed by atoms with E-state index in [9.17, 15) is 19.8 Å². The second kappa shape index (κ2) is 48.0. The molecule has 0 aliphatic heterocycles. The van der Waals surface area contributed by atoms with Gasteiger partial charge in [0.1, 0.15) is 0 Å². The predicted molar refractivity (Wildman–Crippen MR) is 250 cm³/mol. The number of hydrogen-bond acceptors (Lipinski definition) is 5. The van der Waals surface area contributed by atoms with Gasteiger partial charge in [0.25, 0.3) is 0 Å². The molecule has 0 spiro atoms. The summed E-state index contributed by atoms with van der Waals surface area (Å²) < 4.78 is 5.46. The molecule has 0 heterocycles. The smallest absolute Gasteiger partial charge is 0.305 e. The Labute approximate surface area is 361 Å². The van der Waals surface area contributed by atoms with Gasteiger partial charge in [-0.05, 0) is 57.8 Å². The monoisotopic (exact) mass is 818 g/mol. The first-order chi connectivity index (χ1) is 28.5. The van der Waals surface area contributed by atoms with Crippen LogP contribution in [-0.2, 0) is 14.3 Å². The van der Waals surface area contributed by atoms with Crippen molar-refractivity contribution in [3.63, 3.8) is 0 Å². The van der Waals surface area contributed by atoms with Crippen molar-refractivity contribution >= 4 is 11.9 Å².